The van der Waals surface area contributed by atoms with Crippen LogP contribution in [0.4, 0.5) is 19.3 Å². The highest BCUT2D eigenvalue weighted by Gasteiger charge is 2.31. The van der Waals surface area contributed by atoms with Gasteiger partial charge in [0, 0.05) is 24.4 Å². The van der Waals surface area contributed by atoms with Crippen molar-refractivity contribution in [2.75, 3.05) is 5.32 Å². The molecule has 24 heavy (non-hydrogen) atoms. The molecule has 2 N–H and O–H groups in total. The number of para-hydroxylation sites is 1. The van der Waals surface area contributed by atoms with Gasteiger partial charge < -0.3 is 10.6 Å². The zero-order valence-electron chi connectivity index (χ0n) is 13.6. The SMILES string of the molecule is C[C@H]1c2ccccc2C[C@H]1NC(=O)Nc1ccccc1C(C)(F)F. The van der Waals surface area contributed by atoms with E-state index in [1.807, 2.05) is 12.1 Å². The molecule has 126 valence electrons. The molecular formula is C19H20F2N2O. The Labute approximate surface area is 140 Å². The summed E-state index contributed by atoms with van der Waals surface area (Å²) in [6.45, 7) is 2.88. The molecule has 0 aromatic heterocycles. The van der Waals surface area contributed by atoms with Crippen LogP contribution in [0, 0.1) is 0 Å². The normalized spacial score (nSPS) is 19.7. The quantitative estimate of drug-likeness (QED) is 0.845. The van der Waals surface area contributed by atoms with Crippen LogP contribution in [0.15, 0.2) is 48.5 Å². The summed E-state index contributed by atoms with van der Waals surface area (Å²) < 4.78 is 27.3. The van der Waals surface area contributed by atoms with E-state index in [4.69, 9.17) is 0 Å². The van der Waals surface area contributed by atoms with Gasteiger partial charge in [-0.15, -0.1) is 0 Å². The van der Waals surface area contributed by atoms with Gasteiger partial charge in [0.1, 0.15) is 0 Å². The van der Waals surface area contributed by atoms with Gasteiger partial charge in [-0.3, -0.25) is 0 Å². The molecule has 0 unspecified atom stereocenters. The van der Waals surface area contributed by atoms with Crippen LogP contribution in [0.25, 0.3) is 0 Å². The number of nitrogens with one attached hydrogen (secondary N) is 2. The number of benzene rings is 2. The van der Waals surface area contributed by atoms with Crippen molar-refractivity contribution in [1.82, 2.24) is 5.32 Å². The second-order valence-electron chi connectivity index (χ2n) is 6.33. The predicted molar refractivity (Wildman–Crippen MR) is 90.5 cm³/mol. The smallest absolute Gasteiger partial charge is 0.319 e. The Morgan fingerprint density at radius 3 is 2.50 bits per heavy atom. The number of carbonyl (C=O) groups is 1. The van der Waals surface area contributed by atoms with E-state index in [2.05, 4.69) is 29.7 Å². The summed E-state index contributed by atoms with van der Waals surface area (Å²) in [7, 11) is 0. The van der Waals surface area contributed by atoms with E-state index in [1.54, 1.807) is 6.07 Å². The third kappa shape index (κ3) is 3.25. The molecule has 3 nitrogen and oxygen atoms in total. The third-order valence-corrected chi connectivity index (χ3v) is 4.55. The Kier molecular flexibility index (Phi) is 4.26. The number of fused-ring (bicyclic) bond motifs is 1. The first-order valence-electron chi connectivity index (χ1n) is 7.99. The number of hydrogen-bond acceptors (Lipinski definition) is 1. The van der Waals surface area contributed by atoms with Crippen molar-refractivity contribution in [3.05, 3.63) is 65.2 Å². The van der Waals surface area contributed by atoms with Gasteiger partial charge in [-0.25, -0.2) is 13.6 Å². The summed E-state index contributed by atoms with van der Waals surface area (Å²) in [6.07, 6.45) is 0.746. The van der Waals surface area contributed by atoms with E-state index in [9.17, 15) is 13.6 Å². The van der Waals surface area contributed by atoms with Crippen molar-refractivity contribution in [3.63, 3.8) is 0 Å². The van der Waals surface area contributed by atoms with Gasteiger partial charge >= 0.3 is 6.03 Å². The van der Waals surface area contributed by atoms with Crippen LogP contribution in [0.2, 0.25) is 0 Å². The number of hydrogen-bond donors (Lipinski definition) is 2. The molecule has 0 spiro atoms. The largest absolute Gasteiger partial charge is 0.334 e. The third-order valence-electron chi connectivity index (χ3n) is 4.55. The second-order valence-corrected chi connectivity index (χ2v) is 6.33. The van der Waals surface area contributed by atoms with Crippen molar-refractivity contribution in [2.45, 2.75) is 38.2 Å². The van der Waals surface area contributed by atoms with Crippen molar-refractivity contribution < 1.29 is 13.6 Å². The zero-order valence-corrected chi connectivity index (χ0v) is 13.6. The predicted octanol–water partition coefficient (Wildman–Crippen LogP) is 4.65. The maximum absolute atomic E-state index is 13.6. The number of carbonyl (C=O) groups excluding carboxylic acids is 1. The van der Waals surface area contributed by atoms with E-state index >= 15 is 0 Å². The van der Waals surface area contributed by atoms with Gasteiger partial charge in [0.25, 0.3) is 5.92 Å². The lowest BCUT2D eigenvalue weighted by Gasteiger charge is -2.20. The molecule has 1 aliphatic rings. The molecule has 1 aliphatic carbocycles. The highest BCUT2D eigenvalue weighted by Crippen LogP contribution is 2.34. The lowest BCUT2D eigenvalue weighted by Crippen LogP contribution is -2.40. The van der Waals surface area contributed by atoms with Crippen molar-refractivity contribution >= 4 is 11.7 Å². The van der Waals surface area contributed by atoms with Crippen LogP contribution < -0.4 is 10.6 Å². The summed E-state index contributed by atoms with van der Waals surface area (Å²) in [5.41, 5.74) is 2.38. The van der Waals surface area contributed by atoms with E-state index in [0.717, 1.165) is 13.3 Å². The molecule has 2 amide bonds. The number of halogens is 2. The molecule has 5 heteroatoms. The molecule has 0 heterocycles. The van der Waals surface area contributed by atoms with Gasteiger partial charge in [-0.1, -0.05) is 49.4 Å². The fourth-order valence-corrected chi connectivity index (χ4v) is 3.27. The summed E-state index contributed by atoms with van der Waals surface area (Å²) in [5, 5.41) is 5.47. The molecule has 0 aliphatic heterocycles. The number of urea groups is 1. The minimum atomic E-state index is -3.01. The minimum absolute atomic E-state index is 0.0447. The molecule has 0 bridgehead atoms. The second kappa shape index (κ2) is 6.23. The van der Waals surface area contributed by atoms with Crippen molar-refractivity contribution in [3.8, 4) is 0 Å². The Hall–Kier alpha value is -2.43. The summed E-state index contributed by atoms with van der Waals surface area (Å²) in [4.78, 5) is 12.3. The Balaban J connectivity index is 1.70. The summed E-state index contributed by atoms with van der Waals surface area (Å²) >= 11 is 0. The molecule has 2 aromatic rings. The van der Waals surface area contributed by atoms with Crippen LogP contribution in [0.1, 0.15) is 36.5 Å². The van der Waals surface area contributed by atoms with Crippen molar-refractivity contribution in [1.29, 1.82) is 0 Å². The Bertz CT molecular complexity index is 755. The maximum atomic E-state index is 13.6. The summed E-state index contributed by atoms with van der Waals surface area (Å²) in [6, 6.07) is 13.5. The zero-order chi connectivity index (χ0) is 17.3. The Morgan fingerprint density at radius 1 is 1.12 bits per heavy atom. The van der Waals surface area contributed by atoms with Crippen molar-refractivity contribution in [2.24, 2.45) is 0 Å². The number of rotatable bonds is 3. The van der Waals surface area contributed by atoms with E-state index in [0.29, 0.717) is 0 Å². The first-order valence-corrected chi connectivity index (χ1v) is 7.99. The molecular weight excluding hydrogens is 310 g/mol. The van der Waals surface area contributed by atoms with Crippen LogP contribution in [0.3, 0.4) is 0 Å². The van der Waals surface area contributed by atoms with Crippen LogP contribution in [-0.4, -0.2) is 12.1 Å². The minimum Gasteiger partial charge on any atom is -0.334 e. The van der Waals surface area contributed by atoms with Gasteiger partial charge in [0.2, 0.25) is 0 Å². The van der Waals surface area contributed by atoms with Gasteiger partial charge in [-0.2, -0.15) is 0 Å². The summed E-state index contributed by atoms with van der Waals surface area (Å²) in [5.74, 6) is -2.82. The molecule has 2 aromatic carbocycles. The van der Waals surface area contributed by atoms with Gasteiger partial charge in [0.05, 0.1) is 5.69 Å². The molecule has 0 saturated carbocycles. The first kappa shape index (κ1) is 16.4. The maximum Gasteiger partial charge on any atom is 0.319 e. The molecule has 0 radical (unpaired) electrons. The molecule has 3 rings (SSSR count). The highest BCUT2D eigenvalue weighted by molar-refractivity contribution is 5.90. The molecule has 0 fully saturated rings. The molecule has 2 atom stereocenters. The van der Waals surface area contributed by atoms with E-state index < -0.39 is 12.0 Å². The topological polar surface area (TPSA) is 41.1 Å². The molecule has 0 saturated heterocycles. The van der Waals surface area contributed by atoms with E-state index in [-0.39, 0.29) is 23.2 Å². The van der Waals surface area contributed by atoms with E-state index in [1.165, 1.54) is 29.3 Å². The monoisotopic (exact) mass is 330 g/mol. The average molecular weight is 330 g/mol. The van der Waals surface area contributed by atoms with Crippen LogP contribution >= 0.6 is 0 Å². The van der Waals surface area contributed by atoms with Crippen LogP contribution in [0.5, 0.6) is 0 Å². The fraction of sp³-hybridized carbons (Fsp3) is 0.316. The average Bonchev–Trinajstić information content (AvgIpc) is 2.83. The lowest BCUT2D eigenvalue weighted by atomic mass is 10.0. The van der Waals surface area contributed by atoms with Gasteiger partial charge in [0.15, 0.2) is 0 Å². The number of alkyl halides is 2. The Morgan fingerprint density at radius 2 is 1.79 bits per heavy atom. The van der Waals surface area contributed by atoms with Crippen LogP contribution in [-0.2, 0) is 12.3 Å². The first-order chi connectivity index (χ1) is 11.4. The van der Waals surface area contributed by atoms with Gasteiger partial charge in [-0.05, 0) is 23.6 Å². The fourth-order valence-electron chi connectivity index (χ4n) is 3.27. The standard InChI is InChI=1S/C19H20F2N2O/c1-12-14-8-4-3-7-13(14)11-17(12)23-18(24)22-16-10-6-5-9-15(16)19(2,20)21/h3-10,12,17H,11H2,1-2H3,(H2,22,23,24)/t12-,17+/m0/s1. The number of amides is 2. The lowest BCUT2D eigenvalue weighted by molar-refractivity contribution is 0.0183. The highest BCUT2D eigenvalue weighted by atomic mass is 19.3. The number of anilines is 1.